The molecule has 0 amide bonds. The van der Waals surface area contributed by atoms with Crippen molar-refractivity contribution in [3.05, 3.63) is 48.7 Å². The van der Waals surface area contributed by atoms with Gasteiger partial charge in [-0.25, -0.2) is 9.97 Å². The van der Waals surface area contributed by atoms with Crippen LogP contribution >= 0.6 is 0 Å². The number of hydrogen-bond acceptors (Lipinski definition) is 6. The number of carbonyl (C=O) groups is 1. The second-order valence-corrected chi connectivity index (χ2v) is 5.22. The van der Waals surface area contributed by atoms with Crippen LogP contribution in [0.4, 0.5) is 11.4 Å². The molecule has 0 saturated carbocycles. The van der Waals surface area contributed by atoms with Gasteiger partial charge in [0.15, 0.2) is 12.1 Å². The van der Waals surface area contributed by atoms with E-state index in [1.165, 1.54) is 13.3 Å². The average molecular weight is 312 g/mol. The lowest BCUT2D eigenvalue weighted by Gasteiger charge is -2.08. The van der Waals surface area contributed by atoms with E-state index in [-0.39, 0.29) is 12.3 Å². The molecule has 0 bridgehead atoms. The van der Waals surface area contributed by atoms with E-state index in [1.807, 2.05) is 18.2 Å². The number of carbonyl (C=O) groups excluding carboxylic acids is 1. The number of aliphatic hydroxyl groups is 2. The molecule has 23 heavy (non-hydrogen) atoms. The number of aliphatic hydroxyl groups excluding tert-OH is 1. The first-order chi connectivity index (χ1) is 11.0. The summed E-state index contributed by atoms with van der Waals surface area (Å²) in [6, 6.07) is 5.52. The summed E-state index contributed by atoms with van der Waals surface area (Å²) in [6.45, 7) is 1.49. The van der Waals surface area contributed by atoms with Crippen molar-refractivity contribution in [2.75, 3.05) is 5.32 Å². The summed E-state index contributed by atoms with van der Waals surface area (Å²) in [4.78, 5) is 19.7. The number of nitrogens with zero attached hydrogens (tertiary/aromatic N) is 3. The maximum absolute atomic E-state index is 11.8. The lowest BCUT2D eigenvalue weighted by Crippen LogP contribution is -2.13. The number of fused-ring (bicyclic) bond motifs is 1. The Kier molecular flexibility index (Phi) is 4.05. The molecule has 3 N–H and O–H groups in total. The van der Waals surface area contributed by atoms with Crippen LogP contribution in [-0.4, -0.2) is 36.8 Å². The Labute approximate surface area is 132 Å². The highest BCUT2D eigenvalue weighted by Crippen LogP contribution is 2.27. The third-order valence-corrected chi connectivity index (χ3v) is 3.47. The zero-order chi connectivity index (χ0) is 16.4. The molecule has 0 unspecified atom stereocenters. The fraction of sp³-hybridized carbons (Fsp3) is 0.188. The number of benzene rings is 1. The molecule has 1 aromatic carbocycles. The van der Waals surface area contributed by atoms with Gasteiger partial charge in [-0.15, -0.1) is 0 Å². The fourth-order valence-electron chi connectivity index (χ4n) is 2.51. The van der Waals surface area contributed by atoms with E-state index >= 15 is 0 Å². The van der Waals surface area contributed by atoms with Gasteiger partial charge in [0.25, 0.3) is 0 Å². The van der Waals surface area contributed by atoms with E-state index in [0.29, 0.717) is 5.56 Å². The van der Waals surface area contributed by atoms with Crippen LogP contribution in [0.15, 0.2) is 43.1 Å². The Morgan fingerprint density at radius 1 is 1.26 bits per heavy atom. The molecule has 0 aliphatic rings. The topological polar surface area (TPSA) is 100 Å². The van der Waals surface area contributed by atoms with Gasteiger partial charge >= 0.3 is 0 Å². The molecule has 0 fully saturated rings. The number of aromatic nitrogens is 3. The standard InChI is InChI=1S/C16H16N4O3/c1-10(21)14-7-20(8-16(22)23)15-3-2-11(4-13(14)15)19-12-5-17-9-18-6-12/h2-7,9,16,19,22-23H,8H2,1H3. The first kappa shape index (κ1) is 15.1. The van der Waals surface area contributed by atoms with Gasteiger partial charge in [0, 0.05) is 28.4 Å². The van der Waals surface area contributed by atoms with Gasteiger partial charge in [-0.05, 0) is 25.1 Å². The summed E-state index contributed by atoms with van der Waals surface area (Å²) < 4.78 is 1.66. The summed E-state index contributed by atoms with van der Waals surface area (Å²) in [6.07, 6.45) is 4.90. The molecule has 0 spiro atoms. The van der Waals surface area contributed by atoms with E-state index in [2.05, 4.69) is 15.3 Å². The van der Waals surface area contributed by atoms with Crippen LogP contribution in [0.25, 0.3) is 10.9 Å². The summed E-state index contributed by atoms with van der Waals surface area (Å²) in [5.74, 6) is -0.0821. The van der Waals surface area contributed by atoms with Gasteiger partial charge in [0.05, 0.1) is 24.6 Å². The second kappa shape index (κ2) is 6.15. The highest BCUT2D eigenvalue weighted by Gasteiger charge is 2.14. The maximum Gasteiger partial charge on any atom is 0.169 e. The highest BCUT2D eigenvalue weighted by molar-refractivity contribution is 6.07. The number of ketones is 1. The van der Waals surface area contributed by atoms with Crippen molar-refractivity contribution >= 4 is 28.1 Å². The molecule has 0 radical (unpaired) electrons. The number of anilines is 2. The molecule has 2 aromatic heterocycles. The van der Waals surface area contributed by atoms with E-state index < -0.39 is 6.29 Å². The third-order valence-electron chi connectivity index (χ3n) is 3.47. The lowest BCUT2D eigenvalue weighted by atomic mass is 10.1. The molecule has 0 aliphatic carbocycles. The smallest absolute Gasteiger partial charge is 0.169 e. The van der Waals surface area contributed by atoms with E-state index in [0.717, 1.165) is 22.3 Å². The third kappa shape index (κ3) is 3.20. The van der Waals surface area contributed by atoms with E-state index in [9.17, 15) is 15.0 Å². The summed E-state index contributed by atoms with van der Waals surface area (Å²) in [5, 5.41) is 22.3. The minimum absolute atomic E-state index is 0.00306. The predicted octanol–water partition coefficient (Wildman–Crippen LogP) is 1.69. The van der Waals surface area contributed by atoms with E-state index in [1.54, 1.807) is 23.2 Å². The lowest BCUT2D eigenvalue weighted by molar-refractivity contribution is -0.0505. The Balaban J connectivity index is 2.04. The molecule has 0 aliphatic heterocycles. The van der Waals surface area contributed by atoms with Crippen LogP contribution < -0.4 is 5.32 Å². The SMILES string of the molecule is CC(=O)c1cn(CC(O)O)c2ccc(Nc3cncnc3)cc12. The van der Waals surface area contributed by atoms with Gasteiger partial charge in [-0.3, -0.25) is 4.79 Å². The zero-order valence-electron chi connectivity index (χ0n) is 12.5. The minimum atomic E-state index is -1.48. The first-order valence-electron chi connectivity index (χ1n) is 7.06. The van der Waals surface area contributed by atoms with Gasteiger partial charge < -0.3 is 20.1 Å². The van der Waals surface area contributed by atoms with Crippen molar-refractivity contribution < 1.29 is 15.0 Å². The molecule has 0 atom stereocenters. The Morgan fingerprint density at radius 3 is 2.65 bits per heavy atom. The average Bonchev–Trinajstić information content (AvgIpc) is 2.86. The van der Waals surface area contributed by atoms with Gasteiger partial charge in [-0.1, -0.05) is 0 Å². The normalized spacial score (nSPS) is 11.1. The van der Waals surface area contributed by atoms with Crippen molar-refractivity contribution in [3.63, 3.8) is 0 Å². The molecule has 3 rings (SSSR count). The molecule has 7 nitrogen and oxygen atoms in total. The number of rotatable bonds is 5. The maximum atomic E-state index is 11.8. The number of nitrogens with one attached hydrogen (secondary N) is 1. The van der Waals surface area contributed by atoms with Crippen LogP contribution in [-0.2, 0) is 6.54 Å². The van der Waals surface area contributed by atoms with Crippen LogP contribution in [0.5, 0.6) is 0 Å². The van der Waals surface area contributed by atoms with Crippen molar-refractivity contribution in [2.45, 2.75) is 19.8 Å². The minimum Gasteiger partial charge on any atom is -0.367 e. The molecular formula is C16H16N4O3. The van der Waals surface area contributed by atoms with Crippen LogP contribution in [0.1, 0.15) is 17.3 Å². The second-order valence-electron chi connectivity index (χ2n) is 5.22. The Morgan fingerprint density at radius 2 is 2.00 bits per heavy atom. The molecular weight excluding hydrogens is 296 g/mol. The predicted molar refractivity (Wildman–Crippen MR) is 85.5 cm³/mol. The Bertz CT molecular complexity index is 843. The monoisotopic (exact) mass is 312 g/mol. The van der Waals surface area contributed by atoms with Crippen LogP contribution in [0, 0.1) is 0 Å². The van der Waals surface area contributed by atoms with Crippen molar-refractivity contribution in [2.24, 2.45) is 0 Å². The number of Topliss-reactive ketones (excluding diaryl/α,β-unsaturated/α-hetero) is 1. The van der Waals surface area contributed by atoms with Crippen LogP contribution in [0.2, 0.25) is 0 Å². The summed E-state index contributed by atoms with van der Waals surface area (Å²) in [7, 11) is 0. The first-order valence-corrected chi connectivity index (χ1v) is 7.06. The van der Waals surface area contributed by atoms with Gasteiger partial charge in [0.2, 0.25) is 0 Å². The quantitative estimate of drug-likeness (QED) is 0.489. The molecule has 2 heterocycles. The highest BCUT2D eigenvalue weighted by atomic mass is 16.5. The van der Waals surface area contributed by atoms with Gasteiger partial charge in [0.1, 0.15) is 6.33 Å². The Hall–Kier alpha value is -2.77. The molecule has 3 aromatic rings. The van der Waals surface area contributed by atoms with Crippen molar-refractivity contribution in [3.8, 4) is 0 Å². The number of hydrogen-bond donors (Lipinski definition) is 3. The van der Waals surface area contributed by atoms with Crippen molar-refractivity contribution in [1.29, 1.82) is 0 Å². The van der Waals surface area contributed by atoms with Crippen molar-refractivity contribution in [1.82, 2.24) is 14.5 Å². The van der Waals surface area contributed by atoms with Gasteiger partial charge in [-0.2, -0.15) is 0 Å². The fourth-order valence-corrected chi connectivity index (χ4v) is 2.51. The summed E-state index contributed by atoms with van der Waals surface area (Å²) in [5.41, 5.74) is 2.82. The zero-order valence-corrected chi connectivity index (χ0v) is 12.5. The van der Waals surface area contributed by atoms with Crippen LogP contribution in [0.3, 0.4) is 0 Å². The largest absolute Gasteiger partial charge is 0.367 e. The molecule has 7 heteroatoms. The van der Waals surface area contributed by atoms with E-state index in [4.69, 9.17) is 0 Å². The summed E-state index contributed by atoms with van der Waals surface area (Å²) >= 11 is 0. The molecule has 118 valence electrons. The molecule has 0 saturated heterocycles.